The Hall–Kier alpha value is -1.60. The highest BCUT2D eigenvalue weighted by molar-refractivity contribution is 7.89. The van der Waals surface area contributed by atoms with Gasteiger partial charge in [0.15, 0.2) is 0 Å². The number of halogens is 1. The first-order chi connectivity index (χ1) is 11.0. The van der Waals surface area contributed by atoms with Crippen LogP contribution in [0.4, 0.5) is 0 Å². The van der Waals surface area contributed by atoms with Crippen LogP contribution in [0.1, 0.15) is 16.7 Å². The second-order valence-electron chi connectivity index (χ2n) is 5.33. The van der Waals surface area contributed by atoms with Crippen LogP contribution in [0.15, 0.2) is 41.3 Å². The summed E-state index contributed by atoms with van der Waals surface area (Å²) < 4.78 is 32.6. The van der Waals surface area contributed by atoms with Gasteiger partial charge >= 0.3 is 0 Å². The Morgan fingerprint density at radius 1 is 1.17 bits per heavy atom. The number of nitrogens with one attached hydrogen (secondary N) is 2. The summed E-state index contributed by atoms with van der Waals surface area (Å²) in [7, 11) is -2.24. The molecular formula is C16H17ClN2O3S. The first kappa shape index (κ1) is 16.3. The second-order valence-corrected chi connectivity index (χ2v) is 7.47. The van der Waals surface area contributed by atoms with E-state index in [9.17, 15) is 8.42 Å². The topological polar surface area (TPSA) is 67.4 Å². The molecule has 0 unspecified atom stereocenters. The summed E-state index contributed by atoms with van der Waals surface area (Å²) in [6.45, 7) is 1.89. The van der Waals surface area contributed by atoms with Gasteiger partial charge in [-0.15, -0.1) is 0 Å². The summed E-state index contributed by atoms with van der Waals surface area (Å²) in [5, 5.41) is 3.43. The van der Waals surface area contributed by atoms with E-state index in [-0.39, 0.29) is 16.5 Å². The molecule has 23 heavy (non-hydrogen) atoms. The van der Waals surface area contributed by atoms with Gasteiger partial charge in [0, 0.05) is 25.7 Å². The number of fused-ring (bicyclic) bond motifs is 1. The predicted molar refractivity (Wildman–Crippen MR) is 89.0 cm³/mol. The van der Waals surface area contributed by atoms with Gasteiger partial charge in [-0.05, 0) is 28.8 Å². The van der Waals surface area contributed by atoms with Gasteiger partial charge in [0.25, 0.3) is 0 Å². The Morgan fingerprint density at radius 2 is 1.96 bits per heavy atom. The lowest BCUT2D eigenvalue weighted by Gasteiger charge is -2.10. The van der Waals surface area contributed by atoms with E-state index in [1.165, 1.54) is 30.4 Å². The van der Waals surface area contributed by atoms with Crippen LogP contribution in [0.3, 0.4) is 0 Å². The maximum atomic E-state index is 12.5. The summed E-state index contributed by atoms with van der Waals surface area (Å²) in [5.41, 5.74) is 3.38. The molecule has 0 amide bonds. The highest BCUT2D eigenvalue weighted by atomic mass is 35.5. The molecule has 0 spiro atoms. The third-order valence-corrected chi connectivity index (χ3v) is 5.68. The van der Waals surface area contributed by atoms with Crippen LogP contribution < -0.4 is 14.8 Å². The summed E-state index contributed by atoms with van der Waals surface area (Å²) in [6, 6.07) is 10.5. The smallest absolute Gasteiger partial charge is 0.242 e. The van der Waals surface area contributed by atoms with E-state index in [2.05, 4.69) is 10.0 Å². The number of ether oxygens (including phenoxy) is 1. The van der Waals surface area contributed by atoms with Crippen LogP contribution in [0.2, 0.25) is 5.02 Å². The van der Waals surface area contributed by atoms with Crippen molar-refractivity contribution in [1.82, 2.24) is 10.0 Å². The lowest BCUT2D eigenvalue weighted by Crippen LogP contribution is -2.23. The summed E-state index contributed by atoms with van der Waals surface area (Å²) in [5.74, 6) is 0.443. The summed E-state index contributed by atoms with van der Waals surface area (Å²) in [4.78, 5) is 0.0151. The van der Waals surface area contributed by atoms with Crippen LogP contribution in [0.25, 0.3) is 0 Å². The monoisotopic (exact) mass is 352 g/mol. The molecule has 3 rings (SSSR count). The Balaban J connectivity index is 1.79. The van der Waals surface area contributed by atoms with Crippen molar-refractivity contribution in [3.8, 4) is 5.75 Å². The molecular weight excluding hydrogens is 336 g/mol. The molecule has 7 heteroatoms. The van der Waals surface area contributed by atoms with Crippen LogP contribution in [0.5, 0.6) is 5.75 Å². The molecule has 2 aromatic rings. The third-order valence-electron chi connectivity index (χ3n) is 3.80. The number of benzene rings is 2. The molecule has 2 N–H and O–H groups in total. The highest BCUT2D eigenvalue weighted by Gasteiger charge is 2.19. The first-order valence-corrected chi connectivity index (χ1v) is 9.00. The van der Waals surface area contributed by atoms with Crippen LogP contribution in [-0.2, 0) is 29.7 Å². The molecule has 5 nitrogen and oxygen atoms in total. The van der Waals surface area contributed by atoms with E-state index in [4.69, 9.17) is 16.3 Å². The summed E-state index contributed by atoms with van der Waals surface area (Å²) >= 11 is 6.01. The molecule has 1 aliphatic heterocycles. The van der Waals surface area contributed by atoms with E-state index in [0.29, 0.717) is 5.75 Å². The van der Waals surface area contributed by atoms with Crippen molar-refractivity contribution in [2.24, 2.45) is 0 Å². The van der Waals surface area contributed by atoms with Crippen molar-refractivity contribution < 1.29 is 13.2 Å². The van der Waals surface area contributed by atoms with Crippen molar-refractivity contribution in [1.29, 1.82) is 0 Å². The van der Waals surface area contributed by atoms with Crippen molar-refractivity contribution in [2.45, 2.75) is 24.5 Å². The summed E-state index contributed by atoms with van der Waals surface area (Å²) in [6.07, 6.45) is 0. The van der Waals surface area contributed by atoms with Crippen molar-refractivity contribution >= 4 is 21.6 Å². The normalized spacial score (nSPS) is 13.8. The number of hydrogen-bond acceptors (Lipinski definition) is 4. The van der Waals surface area contributed by atoms with Gasteiger partial charge in [-0.3, -0.25) is 0 Å². The zero-order valence-corrected chi connectivity index (χ0v) is 14.2. The maximum absolute atomic E-state index is 12.5. The molecule has 122 valence electrons. The zero-order chi connectivity index (χ0) is 16.4. The number of methoxy groups -OCH3 is 1. The number of sulfonamides is 1. The molecule has 0 radical (unpaired) electrons. The minimum Gasteiger partial charge on any atom is -0.497 e. The number of rotatable bonds is 5. The molecule has 2 aromatic carbocycles. The molecule has 0 saturated heterocycles. The van der Waals surface area contributed by atoms with Gasteiger partial charge in [0.2, 0.25) is 10.0 Å². The zero-order valence-electron chi connectivity index (χ0n) is 12.6. The van der Waals surface area contributed by atoms with E-state index in [0.717, 1.165) is 18.7 Å². The van der Waals surface area contributed by atoms with Gasteiger partial charge < -0.3 is 10.1 Å². The first-order valence-electron chi connectivity index (χ1n) is 7.14. The lowest BCUT2D eigenvalue weighted by atomic mass is 10.1. The van der Waals surface area contributed by atoms with Crippen molar-refractivity contribution in [3.05, 3.63) is 58.1 Å². The van der Waals surface area contributed by atoms with E-state index >= 15 is 0 Å². The third kappa shape index (κ3) is 3.50. The average Bonchev–Trinajstić information content (AvgIpc) is 3.01. The number of hydrogen-bond donors (Lipinski definition) is 2. The van der Waals surface area contributed by atoms with Crippen LogP contribution >= 0.6 is 11.6 Å². The molecule has 0 saturated carbocycles. The molecule has 0 fully saturated rings. The van der Waals surface area contributed by atoms with Gasteiger partial charge in [-0.2, -0.15) is 0 Å². The minimum absolute atomic E-state index is 0.0151. The van der Waals surface area contributed by atoms with Crippen molar-refractivity contribution in [3.63, 3.8) is 0 Å². The fraction of sp³-hybridized carbons (Fsp3) is 0.250. The van der Waals surface area contributed by atoms with Gasteiger partial charge in [-0.25, -0.2) is 13.1 Å². The molecule has 1 aliphatic rings. The average molecular weight is 353 g/mol. The Morgan fingerprint density at radius 3 is 2.74 bits per heavy atom. The van der Waals surface area contributed by atoms with Gasteiger partial charge in [0.05, 0.1) is 12.1 Å². The second kappa shape index (κ2) is 6.49. The van der Waals surface area contributed by atoms with E-state index in [1.807, 2.05) is 18.2 Å². The molecule has 1 heterocycles. The SMILES string of the molecule is COc1ccc(Cl)c(S(=O)(=O)NCc2ccc3c(c2)CNC3)c1. The van der Waals surface area contributed by atoms with Gasteiger partial charge in [-0.1, -0.05) is 29.8 Å². The van der Waals surface area contributed by atoms with E-state index < -0.39 is 10.0 Å². The fourth-order valence-electron chi connectivity index (χ4n) is 2.53. The predicted octanol–water partition coefficient (Wildman–Crippen LogP) is 2.43. The van der Waals surface area contributed by atoms with Crippen LogP contribution in [-0.4, -0.2) is 15.5 Å². The Bertz CT molecular complexity index is 837. The Labute approximate surface area is 140 Å². The molecule has 0 atom stereocenters. The Kier molecular flexibility index (Phi) is 4.59. The lowest BCUT2D eigenvalue weighted by molar-refractivity contribution is 0.413. The minimum atomic E-state index is -3.71. The van der Waals surface area contributed by atoms with E-state index in [1.54, 1.807) is 6.07 Å². The molecule has 0 aliphatic carbocycles. The highest BCUT2D eigenvalue weighted by Crippen LogP contribution is 2.26. The quantitative estimate of drug-likeness (QED) is 0.867. The van der Waals surface area contributed by atoms with Crippen LogP contribution in [0, 0.1) is 0 Å². The molecule has 0 aromatic heterocycles. The van der Waals surface area contributed by atoms with Gasteiger partial charge in [0.1, 0.15) is 10.6 Å². The fourth-order valence-corrected chi connectivity index (χ4v) is 4.06. The standard InChI is InChI=1S/C16H17ClN2O3S/c1-22-14-4-5-15(17)16(7-14)23(20,21)19-8-11-2-3-12-9-18-10-13(12)6-11/h2-7,18-19H,8-10H2,1H3. The maximum Gasteiger partial charge on any atom is 0.242 e. The largest absolute Gasteiger partial charge is 0.497 e. The molecule has 0 bridgehead atoms. The van der Waals surface area contributed by atoms with Crippen molar-refractivity contribution in [2.75, 3.05) is 7.11 Å².